The highest BCUT2D eigenvalue weighted by atomic mass is 32.2. The van der Waals surface area contributed by atoms with Crippen molar-refractivity contribution in [2.24, 2.45) is 0 Å². The first-order chi connectivity index (χ1) is 9.23. The van der Waals surface area contributed by atoms with Gasteiger partial charge in [0.05, 0.1) is 16.6 Å². The van der Waals surface area contributed by atoms with Crippen LogP contribution in [0.5, 0.6) is 0 Å². The monoisotopic (exact) mass is 303 g/mol. The number of aryl methyl sites for hydroxylation is 1. The van der Waals surface area contributed by atoms with E-state index in [1.807, 2.05) is 0 Å². The number of benzene rings is 1. The van der Waals surface area contributed by atoms with Gasteiger partial charge in [-0.1, -0.05) is 0 Å². The van der Waals surface area contributed by atoms with Crippen LogP contribution in [-0.4, -0.2) is 48.1 Å². The van der Waals surface area contributed by atoms with E-state index < -0.39 is 33.5 Å². The average molecular weight is 303 g/mol. The third kappa shape index (κ3) is 2.54. The van der Waals surface area contributed by atoms with Gasteiger partial charge in [0.2, 0.25) is 10.0 Å². The van der Waals surface area contributed by atoms with E-state index in [0.29, 0.717) is 6.42 Å². The average Bonchev–Trinajstić information content (AvgIpc) is 2.79. The molecule has 0 aliphatic carbocycles. The molecule has 1 atom stereocenters. The van der Waals surface area contributed by atoms with Crippen molar-refractivity contribution in [2.75, 3.05) is 13.1 Å². The van der Waals surface area contributed by atoms with E-state index in [2.05, 4.69) is 0 Å². The zero-order valence-corrected chi connectivity index (χ0v) is 11.5. The number of rotatable bonds is 3. The van der Waals surface area contributed by atoms with Crippen LogP contribution in [0, 0.1) is 12.7 Å². The molecule has 0 spiro atoms. The Kier molecular flexibility index (Phi) is 3.81. The van der Waals surface area contributed by atoms with Gasteiger partial charge in [-0.3, -0.25) is 0 Å². The molecular formula is C12H14FNO5S. The van der Waals surface area contributed by atoms with Crippen molar-refractivity contribution >= 4 is 16.0 Å². The topological polar surface area (TPSA) is 94.9 Å². The summed E-state index contributed by atoms with van der Waals surface area (Å²) in [6, 6.07) is 1.91. The van der Waals surface area contributed by atoms with Crippen LogP contribution in [-0.2, 0) is 10.0 Å². The Morgan fingerprint density at radius 3 is 2.60 bits per heavy atom. The first-order valence-electron chi connectivity index (χ1n) is 5.95. The molecule has 1 aliphatic heterocycles. The van der Waals surface area contributed by atoms with Crippen LogP contribution in [0.4, 0.5) is 4.39 Å². The Hall–Kier alpha value is -1.51. The largest absolute Gasteiger partial charge is 0.478 e. The lowest BCUT2D eigenvalue weighted by molar-refractivity contribution is 0.0691. The molecule has 1 aliphatic rings. The number of carboxylic acids is 1. The predicted molar refractivity (Wildman–Crippen MR) is 67.5 cm³/mol. The van der Waals surface area contributed by atoms with Crippen molar-refractivity contribution < 1.29 is 27.8 Å². The van der Waals surface area contributed by atoms with Crippen LogP contribution in [0.25, 0.3) is 0 Å². The van der Waals surface area contributed by atoms with Gasteiger partial charge in [-0.15, -0.1) is 0 Å². The van der Waals surface area contributed by atoms with Gasteiger partial charge in [-0.25, -0.2) is 17.6 Å². The molecule has 2 N–H and O–H groups in total. The number of nitrogens with zero attached hydrogens (tertiary/aromatic N) is 1. The van der Waals surface area contributed by atoms with Crippen LogP contribution < -0.4 is 0 Å². The lowest BCUT2D eigenvalue weighted by Gasteiger charge is -2.16. The third-order valence-corrected chi connectivity index (χ3v) is 5.07. The molecule has 110 valence electrons. The summed E-state index contributed by atoms with van der Waals surface area (Å²) in [6.07, 6.45) is -0.407. The fourth-order valence-electron chi connectivity index (χ4n) is 2.12. The van der Waals surface area contributed by atoms with E-state index in [1.54, 1.807) is 0 Å². The van der Waals surface area contributed by atoms with Gasteiger partial charge < -0.3 is 10.2 Å². The van der Waals surface area contributed by atoms with Crippen LogP contribution in [0.1, 0.15) is 22.3 Å². The smallest absolute Gasteiger partial charge is 0.338 e. The van der Waals surface area contributed by atoms with Crippen LogP contribution in [0.3, 0.4) is 0 Å². The molecule has 1 fully saturated rings. The van der Waals surface area contributed by atoms with E-state index in [0.717, 1.165) is 16.4 Å². The fourth-order valence-corrected chi connectivity index (χ4v) is 3.72. The number of carbonyl (C=O) groups is 1. The van der Waals surface area contributed by atoms with Gasteiger partial charge in [0.1, 0.15) is 5.82 Å². The second kappa shape index (κ2) is 5.12. The maximum Gasteiger partial charge on any atom is 0.338 e. The first-order valence-corrected chi connectivity index (χ1v) is 7.39. The molecule has 1 heterocycles. The Labute approximate surface area is 115 Å². The van der Waals surface area contributed by atoms with Crippen molar-refractivity contribution in [2.45, 2.75) is 24.3 Å². The summed E-state index contributed by atoms with van der Waals surface area (Å²) in [6.45, 7) is 1.42. The van der Waals surface area contributed by atoms with Gasteiger partial charge in [0.15, 0.2) is 0 Å². The lowest BCUT2D eigenvalue weighted by atomic mass is 10.1. The molecule has 1 aromatic rings. The van der Waals surface area contributed by atoms with Crippen molar-refractivity contribution in [3.05, 3.63) is 29.1 Å². The van der Waals surface area contributed by atoms with Crippen molar-refractivity contribution in [3.63, 3.8) is 0 Å². The highest BCUT2D eigenvalue weighted by Gasteiger charge is 2.32. The molecule has 0 unspecified atom stereocenters. The van der Waals surface area contributed by atoms with Crippen LogP contribution in [0.15, 0.2) is 17.0 Å². The second-order valence-electron chi connectivity index (χ2n) is 4.71. The summed E-state index contributed by atoms with van der Waals surface area (Å²) in [7, 11) is -3.92. The number of hydrogen-bond acceptors (Lipinski definition) is 4. The van der Waals surface area contributed by atoms with Crippen LogP contribution in [0.2, 0.25) is 0 Å². The summed E-state index contributed by atoms with van der Waals surface area (Å²) < 4.78 is 39.3. The molecular weight excluding hydrogens is 289 g/mol. The number of hydrogen-bond donors (Lipinski definition) is 2. The Bertz CT molecular complexity index is 658. The Morgan fingerprint density at radius 1 is 1.45 bits per heavy atom. The number of aromatic carboxylic acids is 1. The number of sulfonamides is 1. The molecule has 0 aromatic heterocycles. The first kappa shape index (κ1) is 14.9. The van der Waals surface area contributed by atoms with E-state index in [9.17, 15) is 22.7 Å². The SMILES string of the molecule is Cc1cc(S(=O)(=O)N2CC[C@H](O)C2)cc(C(=O)O)c1F. The van der Waals surface area contributed by atoms with Gasteiger partial charge >= 0.3 is 5.97 Å². The molecule has 20 heavy (non-hydrogen) atoms. The molecule has 2 rings (SSSR count). The Balaban J connectivity index is 2.50. The molecule has 0 radical (unpaired) electrons. The zero-order valence-electron chi connectivity index (χ0n) is 10.7. The summed E-state index contributed by atoms with van der Waals surface area (Å²) >= 11 is 0. The normalized spacial score (nSPS) is 20.2. The van der Waals surface area contributed by atoms with E-state index in [-0.39, 0.29) is 23.5 Å². The zero-order chi connectivity index (χ0) is 15.1. The van der Waals surface area contributed by atoms with Gasteiger partial charge in [-0.2, -0.15) is 4.31 Å². The summed E-state index contributed by atoms with van der Waals surface area (Å²) in [4.78, 5) is 10.7. The van der Waals surface area contributed by atoms with Gasteiger partial charge in [-0.05, 0) is 31.0 Å². The van der Waals surface area contributed by atoms with Gasteiger partial charge in [0, 0.05) is 13.1 Å². The maximum atomic E-state index is 13.6. The quantitative estimate of drug-likeness (QED) is 0.852. The van der Waals surface area contributed by atoms with Crippen molar-refractivity contribution in [1.29, 1.82) is 0 Å². The highest BCUT2D eigenvalue weighted by molar-refractivity contribution is 7.89. The predicted octanol–water partition coefficient (Wildman–Crippen LogP) is 0.588. The fraction of sp³-hybridized carbons (Fsp3) is 0.417. The van der Waals surface area contributed by atoms with Crippen LogP contribution >= 0.6 is 0 Å². The van der Waals surface area contributed by atoms with Crippen molar-refractivity contribution in [3.8, 4) is 0 Å². The van der Waals surface area contributed by atoms with Crippen molar-refractivity contribution in [1.82, 2.24) is 4.31 Å². The Morgan fingerprint density at radius 2 is 2.10 bits per heavy atom. The second-order valence-corrected chi connectivity index (χ2v) is 6.65. The number of aliphatic hydroxyl groups excluding tert-OH is 1. The van der Waals surface area contributed by atoms with Gasteiger partial charge in [0.25, 0.3) is 0 Å². The number of β-amino-alcohol motifs (C(OH)–C–C–N with tert-alkyl or cyclic N) is 1. The van der Waals surface area contributed by atoms with E-state index in [4.69, 9.17) is 5.11 Å². The third-order valence-electron chi connectivity index (χ3n) is 3.22. The molecule has 0 saturated carbocycles. The molecule has 1 saturated heterocycles. The number of aliphatic hydroxyl groups is 1. The number of carboxylic acid groups (broad SMARTS) is 1. The molecule has 0 bridgehead atoms. The molecule has 0 amide bonds. The summed E-state index contributed by atoms with van der Waals surface area (Å²) in [5.41, 5.74) is -0.730. The summed E-state index contributed by atoms with van der Waals surface area (Å²) in [5, 5.41) is 18.3. The molecule has 1 aromatic carbocycles. The molecule has 8 heteroatoms. The minimum absolute atomic E-state index is 0.0405. The maximum absolute atomic E-state index is 13.6. The summed E-state index contributed by atoms with van der Waals surface area (Å²) in [5.74, 6) is -2.47. The molecule has 6 nitrogen and oxygen atoms in total. The number of halogens is 1. The highest BCUT2D eigenvalue weighted by Crippen LogP contribution is 2.25. The minimum atomic E-state index is -3.92. The minimum Gasteiger partial charge on any atom is -0.478 e. The van der Waals surface area contributed by atoms with E-state index >= 15 is 0 Å². The van der Waals surface area contributed by atoms with E-state index in [1.165, 1.54) is 6.92 Å². The standard InChI is InChI=1S/C12H14FNO5S/c1-7-4-9(5-10(11(7)13)12(16)17)20(18,19)14-3-2-8(15)6-14/h4-5,8,15H,2-3,6H2,1H3,(H,16,17)/t8-/m0/s1. The lowest BCUT2D eigenvalue weighted by Crippen LogP contribution is -2.30.